The van der Waals surface area contributed by atoms with Gasteiger partial charge < -0.3 is 9.64 Å². The molecule has 0 saturated carbocycles. The Morgan fingerprint density at radius 2 is 2.22 bits per heavy atom. The molecule has 1 saturated heterocycles. The second kappa shape index (κ2) is 4.55. The fraction of sp³-hybridized carbons (Fsp3) is 0.333. The molecule has 18 heavy (non-hydrogen) atoms. The average Bonchev–Trinajstić information content (AvgIpc) is 2.47. The number of morpholine rings is 1. The third-order valence-corrected chi connectivity index (χ3v) is 2.85. The summed E-state index contributed by atoms with van der Waals surface area (Å²) < 4.78 is 5.31. The van der Waals surface area contributed by atoms with Crippen molar-refractivity contribution < 1.29 is 4.74 Å². The summed E-state index contributed by atoms with van der Waals surface area (Å²) in [6.07, 6.45) is 2.87. The van der Waals surface area contributed by atoms with E-state index in [4.69, 9.17) is 10.00 Å². The lowest BCUT2D eigenvalue weighted by Crippen LogP contribution is -2.42. The van der Waals surface area contributed by atoms with Crippen LogP contribution >= 0.6 is 0 Å². The standard InChI is InChI=1S/C12H11N5O/c13-7-9-8-17(5-6-18-9)11-2-1-10-12(16-11)15-4-3-14-10/h1-4,9H,5-6,8H2. The Hall–Kier alpha value is -2.26. The van der Waals surface area contributed by atoms with Crippen molar-refractivity contribution in [2.24, 2.45) is 0 Å². The molecule has 3 heterocycles. The molecule has 90 valence electrons. The number of hydrogen-bond acceptors (Lipinski definition) is 6. The molecular weight excluding hydrogens is 230 g/mol. The van der Waals surface area contributed by atoms with Crippen molar-refractivity contribution in [2.75, 3.05) is 24.6 Å². The average molecular weight is 241 g/mol. The maximum atomic E-state index is 8.88. The van der Waals surface area contributed by atoms with Gasteiger partial charge in [-0.05, 0) is 12.1 Å². The number of ether oxygens (including phenoxy) is 1. The Bertz CT molecular complexity index is 609. The first-order valence-corrected chi connectivity index (χ1v) is 5.71. The smallest absolute Gasteiger partial charge is 0.180 e. The Labute approximate surface area is 104 Å². The van der Waals surface area contributed by atoms with Crippen LogP contribution in [0.3, 0.4) is 0 Å². The van der Waals surface area contributed by atoms with Crippen molar-refractivity contribution in [2.45, 2.75) is 6.10 Å². The summed E-state index contributed by atoms with van der Waals surface area (Å²) in [5.74, 6) is 0.812. The second-order valence-corrected chi connectivity index (χ2v) is 4.00. The quantitative estimate of drug-likeness (QED) is 0.733. The predicted molar refractivity (Wildman–Crippen MR) is 64.9 cm³/mol. The minimum atomic E-state index is -0.391. The van der Waals surface area contributed by atoms with Crippen LogP contribution in [-0.4, -0.2) is 40.8 Å². The van der Waals surface area contributed by atoms with Gasteiger partial charge in [-0.15, -0.1) is 0 Å². The minimum Gasteiger partial charge on any atom is -0.360 e. The van der Waals surface area contributed by atoms with E-state index in [1.807, 2.05) is 17.0 Å². The summed E-state index contributed by atoms with van der Waals surface area (Å²) in [5, 5.41) is 8.88. The van der Waals surface area contributed by atoms with E-state index < -0.39 is 6.10 Å². The van der Waals surface area contributed by atoms with Crippen molar-refractivity contribution in [1.82, 2.24) is 15.0 Å². The molecule has 0 radical (unpaired) electrons. The van der Waals surface area contributed by atoms with Crippen molar-refractivity contribution in [3.8, 4) is 6.07 Å². The maximum absolute atomic E-state index is 8.88. The molecule has 0 bridgehead atoms. The molecule has 0 N–H and O–H groups in total. The highest BCUT2D eigenvalue weighted by molar-refractivity contribution is 5.71. The highest BCUT2D eigenvalue weighted by Gasteiger charge is 2.21. The predicted octanol–water partition coefficient (Wildman–Crippen LogP) is 0.754. The SMILES string of the molecule is N#CC1CN(c2ccc3nccnc3n2)CCO1. The van der Waals surface area contributed by atoms with E-state index in [1.54, 1.807) is 12.4 Å². The molecule has 1 unspecified atom stereocenters. The van der Waals surface area contributed by atoms with Crippen LogP contribution < -0.4 is 4.90 Å². The minimum absolute atomic E-state index is 0.391. The lowest BCUT2D eigenvalue weighted by molar-refractivity contribution is 0.0762. The topological polar surface area (TPSA) is 74.9 Å². The summed E-state index contributed by atoms with van der Waals surface area (Å²) >= 11 is 0. The van der Waals surface area contributed by atoms with E-state index in [-0.39, 0.29) is 0 Å². The number of anilines is 1. The van der Waals surface area contributed by atoms with Crippen LogP contribution in [0.25, 0.3) is 11.2 Å². The Morgan fingerprint density at radius 3 is 3.11 bits per heavy atom. The number of nitriles is 1. The van der Waals surface area contributed by atoms with Crippen LogP contribution in [0.4, 0.5) is 5.82 Å². The van der Waals surface area contributed by atoms with Gasteiger partial charge in [0.1, 0.15) is 11.3 Å². The molecule has 6 nitrogen and oxygen atoms in total. The van der Waals surface area contributed by atoms with E-state index >= 15 is 0 Å². The Balaban J connectivity index is 1.92. The third kappa shape index (κ3) is 1.96. The molecule has 1 aliphatic rings. The first-order chi connectivity index (χ1) is 8.86. The monoisotopic (exact) mass is 241 g/mol. The molecule has 0 aliphatic carbocycles. The molecule has 0 spiro atoms. The second-order valence-electron chi connectivity index (χ2n) is 4.00. The molecule has 0 amide bonds. The van der Waals surface area contributed by atoms with Crippen molar-refractivity contribution in [1.29, 1.82) is 5.26 Å². The largest absolute Gasteiger partial charge is 0.360 e. The zero-order chi connectivity index (χ0) is 12.4. The van der Waals surface area contributed by atoms with E-state index in [1.165, 1.54) is 0 Å². The summed E-state index contributed by atoms with van der Waals surface area (Å²) in [4.78, 5) is 14.8. The van der Waals surface area contributed by atoms with Gasteiger partial charge in [0, 0.05) is 18.9 Å². The number of fused-ring (bicyclic) bond motifs is 1. The van der Waals surface area contributed by atoms with Gasteiger partial charge in [0.05, 0.1) is 19.2 Å². The number of rotatable bonds is 1. The van der Waals surface area contributed by atoms with Gasteiger partial charge >= 0.3 is 0 Å². The van der Waals surface area contributed by atoms with Gasteiger partial charge in [-0.2, -0.15) is 5.26 Å². The zero-order valence-corrected chi connectivity index (χ0v) is 9.65. The molecule has 1 aliphatic heterocycles. The van der Waals surface area contributed by atoms with Crippen molar-refractivity contribution >= 4 is 17.0 Å². The maximum Gasteiger partial charge on any atom is 0.180 e. The molecule has 0 aromatic carbocycles. The van der Waals surface area contributed by atoms with Crippen LogP contribution in [0, 0.1) is 11.3 Å². The van der Waals surface area contributed by atoms with Gasteiger partial charge in [0.2, 0.25) is 0 Å². The van der Waals surface area contributed by atoms with E-state index in [0.717, 1.165) is 17.9 Å². The van der Waals surface area contributed by atoms with Crippen LogP contribution in [0.5, 0.6) is 0 Å². The molecule has 1 fully saturated rings. The van der Waals surface area contributed by atoms with Crippen molar-refractivity contribution in [3.63, 3.8) is 0 Å². The van der Waals surface area contributed by atoms with E-state index in [0.29, 0.717) is 18.8 Å². The summed E-state index contributed by atoms with van der Waals surface area (Å²) in [7, 11) is 0. The van der Waals surface area contributed by atoms with Crippen LogP contribution in [0.1, 0.15) is 0 Å². The Kier molecular flexibility index (Phi) is 2.74. The lowest BCUT2D eigenvalue weighted by atomic mass is 10.3. The molecule has 1 atom stereocenters. The van der Waals surface area contributed by atoms with E-state index in [2.05, 4.69) is 21.0 Å². The molecular formula is C12H11N5O. The molecule has 6 heteroatoms. The fourth-order valence-corrected chi connectivity index (χ4v) is 1.96. The molecule has 3 rings (SSSR count). The summed E-state index contributed by atoms with van der Waals surface area (Å²) in [5.41, 5.74) is 1.39. The molecule has 2 aromatic heterocycles. The van der Waals surface area contributed by atoms with Gasteiger partial charge in [0.25, 0.3) is 0 Å². The van der Waals surface area contributed by atoms with Gasteiger partial charge in [-0.3, -0.25) is 4.98 Å². The highest BCUT2D eigenvalue weighted by atomic mass is 16.5. The van der Waals surface area contributed by atoms with Gasteiger partial charge in [-0.25, -0.2) is 9.97 Å². The number of aromatic nitrogens is 3. The molecule has 2 aromatic rings. The number of hydrogen-bond donors (Lipinski definition) is 0. The van der Waals surface area contributed by atoms with Gasteiger partial charge in [0.15, 0.2) is 11.8 Å². The van der Waals surface area contributed by atoms with Crippen LogP contribution in [0.2, 0.25) is 0 Å². The van der Waals surface area contributed by atoms with Crippen molar-refractivity contribution in [3.05, 3.63) is 24.5 Å². The third-order valence-electron chi connectivity index (χ3n) is 2.85. The Morgan fingerprint density at radius 1 is 1.33 bits per heavy atom. The highest BCUT2D eigenvalue weighted by Crippen LogP contribution is 2.17. The summed E-state index contributed by atoms with van der Waals surface area (Å²) in [6.45, 7) is 1.81. The van der Waals surface area contributed by atoms with Gasteiger partial charge in [-0.1, -0.05) is 0 Å². The van der Waals surface area contributed by atoms with E-state index in [9.17, 15) is 0 Å². The first kappa shape index (κ1) is 10.9. The fourth-order valence-electron chi connectivity index (χ4n) is 1.96. The normalized spacial score (nSPS) is 19.7. The lowest BCUT2D eigenvalue weighted by Gasteiger charge is -2.30. The first-order valence-electron chi connectivity index (χ1n) is 5.71. The number of nitrogens with zero attached hydrogens (tertiary/aromatic N) is 5. The number of pyridine rings is 1. The summed E-state index contributed by atoms with van der Waals surface area (Å²) in [6, 6.07) is 5.91. The van der Waals surface area contributed by atoms with Crippen LogP contribution in [0.15, 0.2) is 24.5 Å². The zero-order valence-electron chi connectivity index (χ0n) is 9.65. The van der Waals surface area contributed by atoms with Crippen LogP contribution in [-0.2, 0) is 4.74 Å².